The minimum Gasteiger partial charge on any atom is -0.506 e. The summed E-state index contributed by atoms with van der Waals surface area (Å²) in [6.45, 7) is 0. The molecule has 0 heterocycles. The third kappa shape index (κ3) is 7.32. The average molecular weight is 743 g/mol. The summed E-state index contributed by atoms with van der Waals surface area (Å²) in [5.74, 6) is -2.47. The molecule has 0 unspecified atom stereocenters. The summed E-state index contributed by atoms with van der Waals surface area (Å²) in [6.07, 6.45) is 0. The van der Waals surface area contributed by atoms with E-state index in [1.54, 1.807) is 12.1 Å². The Labute approximate surface area is 295 Å². The van der Waals surface area contributed by atoms with Crippen LogP contribution in [0.25, 0.3) is 21.5 Å². The van der Waals surface area contributed by atoms with E-state index in [9.17, 15) is 50.5 Å². The number of carbonyl (C=O) groups is 3. The Morgan fingerprint density at radius 3 is 1.12 bits per heavy atom. The largest absolute Gasteiger partial charge is 0.506 e. The van der Waals surface area contributed by atoms with Gasteiger partial charge in [-0.2, -0.15) is 16.8 Å². The van der Waals surface area contributed by atoms with E-state index in [4.69, 9.17) is 0 Å². The van der Waals surface area contributed by atoms with E-state index >= 15 is 0 Å². The van der Waals surface area contributed by atoms with Gasteiger partial charge in [0.1, 0.15) is 21.3 Å². The lowest BCUT2D eigenvalue weighted by molar-refractivity contribution is 0.101. The second-order valence-corrected chi connectivity index (χ2v) is 14.0. The summed E-state index contributed by atoms with van der Waals surface area (Å²) < 4.78 is 66.4. The smallest absolute Gasteiger partial charge is 0.323 e. The second kappa shape index (κ2) is 13.6. The molecular weight excluding hydrogens is 717 g/mol. The Bertz CT molecular complexity index is 2460. The monoisotopic (exact) mass is 742 g/mol. The number of nitrogens with one attached hydrogen (secondary N) is 4. The summed E-state index contributed by atoms with van der Waals surface area (Å²) >= 11 is 0. The third-order valence-electron chi connectivity index (χ3n) is 7.81. The lowest BCUT2D eigenvalue weighted by Gasteiger charge is -2.14. The summed E-state index contributed by atoms with van der Waals surface area (Å²) in [5.41, 5.74) is 0.750. The van der Waals surface area contributed by atoms with Gasteiger partial charge in [0.25, 0.3) is 32.1 Å². The van der Waals surface area contributed by atoms with Gasteiger partial charge in [0.05, 0.1) is 11.4 Å². The number of carbonyl (C=O) groups excluding carboxylic acids is 3. The lowest BCUT2D eigenvalue weighted by Crippen LogP contribution is -2.20. The van der Waals surface area contributed by atoms with Crippen molar-refractivity contribution in [2.45, 2.75) is 9.79 Å². The summed E-state index contributed by atoms with van der Waals surface area (Å²) in [5, 5.41) is 31.8. The molecule has 8 N–H and O–H groups in total. The number of fused-ring (bicyclic) bond motifs is 2. The predicted octanol–water partition coefficient (Wildman–Crippen LogP) is 6.05. The van der Waals surface area contributed by atoms with Crippen molar-refractivity contribution in [3.8, 4) is 11.5 Å². The van der Waals surface area contributed by atoms with E-state index in [-0.39, 0.29) is 44.0 Å². The van der Waals surface area contributed by atoms with E-state index in [1.807, 2.05) is 0 Å². The molecule has 0 aliphatic heterocycles. The number of hydrogen-bond donors (Lipinski definition) is 8. The molecule has 6 aromatic carbocycles. The van der Waals surface area contributed by atoms with Gasteiger partial charge in [-0.1, -0.05) is 48.5 Å². The molecule has 0 saturated heterocycles. The normalized spacial score (nSPS) is 11.6. The van der Waals surface area contributed by atoms with E-state index < -0.39 is 59.4 Å². The summed E-state index contributed by atoms with van der Waals surface area (Å²) in [7, 11) is -9.34. The van der Waals surface area contributed by atoms with Crippen molar-refractivity contribution < 1.29 is 50.5 Å². The molecule has 0 bridgehead atoms. The highest BCUT2D eigenvalue weighted by Crippen LogP contribution is 2.39. The zero-order valence-electron chi connectivity index (χ0n) is 26.4. The van der Waals surface area contributed by atoms with Crippen molar-refractivity contribution in [3.05, 3.63) is 120 Å². The fourth-order valence-electron chi connectivity index (χ4n) is 5.42. The molecule has 4 amide bonds. The lowest BCUT2D eigenvalue weighted by atomic mass is 10.1. The number of aromatic hydroxyl groups is 2. The van der Waals surface area contributed by atoms with Gasteiger partial charge in [-0.25, -0.2) is 4.79 Å². The van der Waals surface area contributed by atoms with E-state index in [1.165, 1.54) is 84.9 Å². The van der Waals surface area contributed by atoms with Gasteiger partial charge >= 0.3 is 6.03 Å². The van der Waals surface area contributed by atoms with Crippen molar-refractivity contribution in [3.63, 3.8) is 0 Å². The third-order valence-corrected chi connectivity index (χ3v) is 9.60. The van der Waals surface area contributed by atoms with Gasteiger partial charge in [-0.3, -0.25) is 18.7 Å². The van der Waals surface area contributed by atoms with Crippen molar-refractivity contribution in [1.29, 1.82) is 0 Å². The SMILES string of the molecule is O=C(Nc1ccc(C(=O)Nc2c(O)cc(S(=O)(=O)O)c3ccccc23)cc1)Nc1ccc(C(=O)Nc2c(O)cc(S(=O)(=O)O)c3ccccc23)cc1. The van der Waals surface area contributed by atoms with Crippen LogP contribution in [0.2, 0.25) is 0 Å². The molecule has 6 rings (SSSR count). The highest BCUT2D eigenvalue weighted by molar-refractivity contribution is 7.86. The van der Waals surface area contributed by atoms with E-state index in [2.05, 4.69) is 21.3 Å². The molecule has 0 radical (unpaired) electrons. The zero-order chi connectivity index (χ0) is 37.4. The van der Waals surface area contributed by atoms with Crippen molar-refractivity contribution in [1.82, 2.24) is 0 Å². The first-order valence-corrected chi connectivity index (χ1v) is 17.8. The molecule has 0 atom stereocenters. The fraction of sp³-hybridized carbons (Fsp3) is 0. The zero-order valence-corrected chi connectivity index (χ0v) is 28.0. The first kappa shape index (κ1) is 35.3. The maximum absolute atomic E-state index is 13.0. The van der Waals surface area contributed by atoms with Crippen LogP contribution in [-0.2, 0) is 20.2 Å². The Kier molecular flexibility index (Phi) is 9.26. The minimum absolute atomic E-state index is 0.0703. The molecule has 52 heavy (non-hydrogen) atoms. The minimum atomic E-state index is -4.67. The van der Waals surface area contributed by atoms with Gasteiger partial charge in [0.2, 0.25) is 0 Å². The average Bonchev–Trinajstić information content (AvgIpc) is 3.10. The van der Waals surface area contributed by atoms with Crippen molar-refractivity contribution in [2.75, 3.05) is 21.3 Å². The van der Waals surface area contributed by atoms with Gasteiger partial charge in [-0.15, -0.1) is 0 Å². The highest BCUT2D eigenvalue weighted by atomic mass is 32.2. The number of amides is 4. The van der Waals surface area contributed by atoms with E-state index in [0.29, 0.717) is 11.4 Å². The number of urea groups is 1. The molecule has 0 aliphatic rings. The standard InChI is InChI=1S/C35H26N4O11S2/c40-27-17-29(51(45,46)47)23-5-1-3-7-25(23)31(27)38-33(42)19-9-13-21(14-10-19)36-35(44)37-22-15-11-20(12-16-22)34(43)39-32-26-8-4-2-6-24(26)30(18-28(32)41)52(48,49)50/h1-18,40-41H,(H,38,42)(H,39,43)(H2,36,37,44)(H,45,46,47)(H,48,49,50). The van der Waals surface area contributed by atoms with Crippen LogP contribution < -0.4 is 21.3 Å². The molecule has 0 fully saturated rings. The quantitative estimate of drug-likeness (QED) is 0.0659. The maximum Gasteiger partial charge on any atom is 0.323 e. The van der Waals surface area contributed by atoms with Gasteiger partial charge in [-0.05, 0) is 48.5 Å². The topological polar surface area (TPSA) is 249 Å². The Morgan fingerprint density at radius 1 is 0.462 bits per heavy atom. The first-order chi connectivity index (χ1) is 24.6. The molecule has 17 heteroatoms. The van der Waals surface area contributed by atoms with Crippen LogP contribution in [0.15, 0.2) is 119 Å². The predicted molar refractivity (Wildman–Crippen MR) is 192 cm³/mol. The number of hydrogen-bond acceptors (Lipinski definition) is 9. The molecule has 0 aliphatic carbocycles. The number of phenolic OH excluding ortho intramolecular Hbond substituents is 2. The molecular formula is C35H26N4O11S2. The molecule has 0 spiro atoms. The molecule has 0 saturated carbocycles. The molecule has 15 nitrogen and oxygen atoms in total. The second-order valence-electron chi connectivity index (χ2n) is 11.2. The van der Waals surface area contributed by atoms with Gasteiger partial charge in [0, 0.05) is 56.2 Å². The van der Waals surface area contributed by atoms with Crippen molar-refractivity contribution in [2.24, 2.45) is 0 Å². The van der Waals surface area contributed by atoms with Crippen molar-refractivity contribution >= 4 is 82.4 Å². The van der Waals surface area contributed by atoms with Gasteiger partial charge < -0.3 is 31.5 Å². The van der Waals surface area contributed by atoms with Crippen LogP contribution in [0.4, 0.5) is 27.5 Å². The van der Waals surface area contributed by atoms with Crippen LogP contribution in [0.5, 0.6) is 11.5 Å². The maximum atomic E-state index is 13.0. The molecule has 264 valence electrons. The highest BCUT2D eigenvalue weighted by Gasteiger charge is 2.22. The Hall–Kier alpha value is -6.53. The van der Waals surface area contributed by atoms with Crippen LogP contribution >= 0.6 is 0 Å². The Balaban J connectivity index is 1.09. The van der Waals surface area contributed by atoms with E-state index in [0.717, 1.165) is 12.1 Å². The fourth-order valence-corrected chi connectivity index (χ4v) is 6.85. The van der Waals surface area contributed by atoms with Crippen LogP contribution in [0, 0.1) is 0 Å². The number of rotatable bonds is 8. The first-order valence-electron chi connectivity index (χ1n) is 15.0. The molecule has 6 aromatic rings. The van der Waals surface area contributed by atoms with Crippen LogP contribution in [0.3, 0.4) is 0 Å². The number of benzene rings is 6. The Morgan fingerprint density at radius 2 is 0.788 bits per heavy atom. The number of anilines is 4. The summed E-state index contributed by atoms with van der Waals surface area (Å²) in [4.78, 5) is 37.6. The summed E-state index contributed by atoms with van der Waals surface area (Å²) in [6, 6.07) is 24.4. The van der Waals surface area contributed by atoms with Gasteiger partial charge in [0.15, 0.2) is 0 Å². The van der Waals surface area contributed by atoms with Crippen LogP contribution in [0.1, 0.15) is 20.7 Å². The molecule has 0 aromatic heterocycles. The number of phenols is 2. The van der Waals surface area contributed by atoms with Crippen LogP contribution in [-0.4, -0.2) is 54.0 Å².